The predicted molar refractivity (Wildman–Crippen MR) is 73.7 cm³/mol. The number of hydrogen-bond acceptors (Lipinski definition) is 1. The summed E-state index contributed by atoms with van der Waals surface area (Å²) in [6.45, 7) is 1.89. The van der Waals surface area contributed by atoms with Crippen LogP contribution in [-0.4, -0.2) is 5.78 Å². The summed E-state index contributed by atoms with van der Waals surface area (Å²) >= 11 is 9.24. The van der Waals surface area contributed by atoms with Crippen LogP contribution in [0.2, 0.25) is 5.02 Å². The largest absolute Gasteiger partial charge is 0.289 e. The molecule has 0 atom stereocenters. The zero-order valence-electron chi connectivity index (χ0n) is 9.51. The Morgan fingerprint density at radius 1 is 1.17 bits per heavy atom. The molecule has 0 saturated carbocycles. The minimum absolute atomic E-state index is 0.169. The molecule has 18 heavy (non-hydrogen) atoms. The summed E-state index contributed by atoms with van der Waals surface area (Å²) in [5, 5.41) is 0.245. The van der Waals surface area contributed by atoms with Crippen LogP contribution in [0.25, 0.3) is 0 Å². The molecule has 0 saturated heterocycles. The van der Waals surface area contributed by atoms with Crippen LogP contribution in [0.1, 0.15) is 21.5 Å². The molecule has 0 fully saturated rings. The number of rotatable bonds is 2. The van der Waals surface area contributed by atoms with E-state index in [4.69, 9.17) is 11.6 Å². The van der Waals surface area contributed by atoms with Crippen LogP contribution in [0.5, 0.6) is 0 Å². The second kappa shape index (κ2) is 5.21. The molecule has 0 spiro atoms. The summed E-state index contributed by atoms with van der Waals surface area (Å²) in [5.41, 5.74) is 1.60. The van der Waals surface area contributed by atoms with E-state index in [1.165, 1.54) is 12.1 Å². The van der Waals surface area contributed by atoms with Gasteiger partial charge in [-0.15, -0.1) is 0 Å². The molecule has 0 bridgehead atoms. The molecule has 0 aliphatic carbocycles. The average Bonchev–Trinajstić information content (AvgIpc) is 2.34. The lowest BCUT2D eigenvalue weighted by Crippen LogP contribution is -2.04. The van der Waals surface area contributed by atoms with Crippen molar-refractivity contribution in [2.45, 2.75) is 6.92 Å². The van der Waals surface area contributed by atoms with E-state index in [-0.39, 0.29) is 16.4 Å². The van der Waals surface area contributed by atoms with Gasteiger partial charge >= 0.3 is 0 Å². The van der Waals surface area contributed by atoms with Crippen molar-refractivity contribution in [3.8, 4) is 0 Å². The van der Waals surface area contributed by atoms with Crippen LogP contribution in [-0.2, 0) is 0 Å². The fourth-order valence-electron chi connectivity index (χ4n) is 1.63. The summed E-state index contributed by atoms with van der Waals surface area (Å²) in [6, 6.07) is 9.18. The summed E-state index contributed by atoms with van der Waals surface area (Å²) in [5.74, 6) is -0.776. The number of carbonyl (C=O) groups excluding carboxylic acids is 1. The van der Waals surface area contributed by atoms with Crippen LogP contribution in [0.3, 0.4) is 0 Å². The van der Waals surface area contributed by atoms with Gasteiger partial charge in [0.15, 0.2) is 5.78 Å². The third-order valence-corrected chi connectivity index (χ3v) is 3.56. The molecule has 0 radical (unpaired) electrons. The van der Waals surface area contributed by atoms with Gasteiger partial charge in [-0.25, -0.2) is 4.39 Å². The highest BCUT2D eigenvalue weighted by atomic mass is 79.9. The fourth-order valence-corrected chi connectivity index (χ4v) is 2.26. The minimum atomic E-state index is -0.480. The Balaban J connectivity index is 2.54. The minimum Gasteiger partial charge on any atom is -0.289 e. The van der Waals surface area contributed by atoms with Gasteiger partial charge in [-0.3, -0.25) is 4.79 Å². The average molecular weight is 328 g/mol. The van der Waals surface area contributed by atoms with Gasteiger partial charge in [0.1, 0.15) is 5.82 Å². The molecule has 0 unspecified atom stereocenters. The highest BCUT2D eigenvalue weighted by molar-refractivity contribution is 9.10. The van der Waals surface area contributed by atoms with Crippen LogP contribution in [0, 0.1) is 12.7 Å². The first-order valence-corrected chi connectivity index (χ1v) is 6.42. The van der Waals surface area contributed by atoms with Gasteiger partial charge in [0, 0.05) is 15.6 Å². The highest BCUT2D eigenvalue weighted by Gasteiger charge is 2.16. The molecule has 0 aromatic heterocycles. The Hall–Kier alpha value is -1.19. The maximum Gasteiger partial charge on any atom is 0.195 e. The number of carbonyl (C=O) groups is 1. The zero-order valence-corrected chi connectivity index (χ0v) is 11.8. The van der Waals surface area contributed by atoms with Crippen molar-refractivity contribution < 1.29 is 9.18 Å². The van der Waals surface area contributed by atoms with Crippen LogP contribution in [0.4, 0.5) is 4.39 Å². The summed E-state index contributed by atoms with van der Waals surface area (Å²) in [4.78, 5) is 12.3. The number of hydrogen-bond donors (Lipinski definition) is 0. The second-order valence-corrected chi connectivity index (χ2v) is 5.20. The number of ketones is 1. The van der Waals surface area contributed by atoms with Gasteiger partial charge in [0.2, 0.25) is 0 Å². The van der Waals surface area contributed by atoms with Crippen molar-refractivity contribution in [2.75, 3.05) is 0 Å². The van der Waals surface area contributed by atoms with Crippen LogP contribution in [0.15, 0.2) is 40.9 Å². The number of benzene rings is 2. The third-order valence-electron chi connectivity index (χ3n) is 2.54. The Bertz CT molecular complexity index is 572. The topological polar surface area (TPSA) is 17.1 Å². The Kier molecular flexibility index (Phi) is 3.83. The smallest absolute Gasteiger partial charge is 0.195 e. The maximum absolute atomic E-state index is 13.2. The van der Waals surface area contributed by atoms with Crippen molar-refractivity contribution >= 4 is 33.3 Å². The van der Waals surface area contributed by atoms with Gasteiger partial charge in [-0.2, -0.15) is 0 Å². The van der Waals surface area contributed by atoms with Crippen molar-refractivity contribution in [1.29, 1.82) is 0 Å². The first kappa shape index (κ1) is 13.2. The molecule has 92 valence electrons. The fraction of sp³-hybridized carbons (Fsp3) is 0.0714. The van der Waals surface area contributed by atoms with E-state index in [0.717, 1.165) is 11.6 Å². The Morgan fingerprint density at radius 3 is 2.61 bits per heavy atom. The zero-order chi connectivity index (χ0) is 13.3. The molecule has 4 heteroatoms. The Morgan fingerprint density at radius 2 is 1.89 bits per heavy atom. The molecule has 1 nitrogen and oxygen atoms in total. The quantitative estimate of drug-likeness (QED) is 0.725. The molecule has 2 aromatic carbocycles. The second-order valence-electron chi connectivity index (χ2n) is 3.94. The van der Waals surface area contributed by atoms with Crippen molar-refractivity contribution in [2.24, 2.45) is 0 Å². The lowest BCUT2D eigenvalue weighted by atomic mass is 10.0. The monoisotopic (exact) mass is 326 g/mol. The Labute approximate surface area is 118 Å². The standard InChI is InChI=1S/C14H9BrClFO/c1-8-2-4-12(15)10(6-8)14(18)11-7-9(17)3-5-13(11)16/h2-7H,1H3. The van der Waals surface area contributed by atoms with E-state index in [9.17, 15) is 9.18 Å². The predicted octanol–water partition coefficient (Wildman–Crippen LogP) is 4.78. The van der Waals surface area contributed by atoms with E-state index >= 15 is 0 Å². The lowest BCUT2D eigenvalue weighted by Gasteiger charge is -2.07. The van der Waals surface area contributed by atoms with Gasteiger partial charge < -0.3 is 0 Å². The van der Waals surface area contributed by atoms with Gasteiger partial charge in [0.25, 0.3) is 0 Å². The van der Waals surface area contributed by atoms with E-state index in [0.29, 0.717) is 10.0 Å². The van der Waals surface area contributed by atoms with Crippen LogP contribution < -0.4 is 0 Å². The van der Waals surface area contributed by atoms with Crippen molar-refractivity contribution in [3.05, 3.63) is 68.4 Å². The normalized spacial score (nSPS) is 10.4. The first-order chi connectivity index (χ1) is 8.49. The maximum atomic E-state index is 13.2. The summed E-state index contributed by atoms with van der Waals surface area (Å²) < 4.78 is 13.8. The van der Waals surface area contributed by atoms with E-state index < -0.39 is 5.82 Å². The van der Waals surface area contributed by atoms with Gasteiger partial charge in [-0.1, -0.05) is 39.2 Å². The highest BCUT2D eigenvalue weighted by Crippen LogP contribution is 2.25. The van der Waals surface area contributed by atoms with Crippen molar-refractivity contribution in [3.63, 3.8) is 0 Å². The number of aryl methyl sites for hydroxylation is 1. The van der Waals surface area contributed by atoms with E-state index in [1.54, 1.807) is 12.1 Å². The number of halogens is 3. The molecule has 2 rings (SSSR count). The van der Waals surface area contributed by atoms with Gasteiger partial charge in [0.05, 0.1) is 5.02 Å². The third kappa shape index (κ3) is 2.62. The molecule has 2 aromatic rings. The van der Waals surface area contributed by atoms with Crippen LogP contribution >= 0.6 is 27.5 Å². The summed E-state index contributed by atoms with van der Waals surface area (Å²) in [6.07, 6.45) is 0. The van der Waals surface area contributed by atoms with Gasteiger partial charge in [-0.05, 0) is 37.3 Å². The van der Waals surface area contributed by atoms with Crippen molar-refractivity contribution in [1.82, 2.24) is 0 Å². The molecule has 0 aliphatic rings. The molecular formula is C14H9BrClFO. The molecule has 0 amide bonds. The molecule has 0 N–H and O–H groups in total. The lowest BCUT2D eigenvalue weighted by molar-refractivity contribution is 0.103. The molecule has 0 aliphatic heterocycles. The molecular weight excluding hydrogens is 319 g/mol. The first-order valence-electron chi connectivity index (χ1n) is 5.25. The summed E-state index contributed by atoms with van der Waals surface area (Å²) in [7, 11) is 0. The van der Waals surface area contributed by atoms with E-state index in [1.807, 2.05) is 13.0 Å². The molecule has 0 heterocycles. The SMILES string of the molecule is Cc1ccc(Br)c(C(=O)c2cc(F)ccc2Cl)c1. The van der Waals surface area contributed by atoms with E-state index in [2.05, 4.69) is 15.9 Å².